The fourth-order valence-electron chi connectivity index (χ4n) is 3.18. The van der Waals surface area contributed by atoms with Gasteiger partial charge in [0.2, 0.25) is 0 Å². The molecule has 1 saturated carbocycles. The highest BCUT2D eigenvalue weighted by Crippen LogP contribution is 2.37. The zero-order chi connectivity index (χ0) is 16.3. The Balaban J connectivity index is 1.85. The minimum absolute atomic E-state index is 0.418. The number of anilines is 1. The number of aryl methyl sites for hydroxylation is 1. The van der Waals surface area contributed by atoms with Gasteiger partial charge in [-0.2, -0.15) is 0 Å². The lowest BCUT2D eigenvalue weighted by atomic mass is 9.71. The van der Waals surface area contributed by atoms with Crippen LogP contribution < -0.4 is 10.6 Å². The number of halogens is 1. The minimum Gasteiger partial charge on any atom is -0.360 e. The summed E-state index contributed by atoms with van der Waals surface area (Å²) in [6, 6.07) is 6.30. The van der Waals surface area contributed by atoms with Crippen LogP contribution in [0.3, 0.4) is 0 Å². The van der Waals surface area contributed by atoms with E-state index in [1.165, 1.54) is 25.7 Å². The largest absolute Gasteiger partial charge is 0.360 e. The molecule has 0 heterocycles. The number of benzene rings is 1. The molecule has 1 aromatic rings. The van der Waals surface area contributed by atoms with Crippen molar-refractivity contribution in [2.75, 3.05) is 5.32 Å². The Morgan fingerprint density at radius 1 is 1.18 bits per heavy atom. The Morgan fingerprint density at radius 3 is 2.41 bits per heavy atom. The average molecular weight is 339 g/mol. The van der Waals surface area contributed by atoms with Gasteiger partial charge in [0.15, 0.2) is 5.11 Å². The summed E-state index contributed by atoms with van der Waals surface area (Å²) in [4.78, 5) is 0. The third-order valence-corrected chi connectivity index (χ3v) is 5.19. The fourth-order valence-corrected chi connectivity index (χ4v) is 3.63. The molecule has 0 saturated heterocycles. The van der Waals surface area contributed by atoms with Gasteiger partial charge in [0, 0.05) is 16.8 Å². The Hall–Kier alpha value is -0.800. The van der Waals surface area contributed by atoms with Crippen LogP contribution in [0, 0.1) is 18.3 Å². The van der Waals surface area contributed by atoms with Crippen molar-refractivity contribution in [1.82, 2.24) is 5.32 Å². The number of nitrogens with one attached hydrogen (secondary N) is 2. The van der Waals surface area contributed by atoms with Gasteiger partial charge in [-0.15, -0.1) is 0 Å². The molecule has 0 aromatic heterocycles. The van der Waals surface area contributed by atoms with Crippen molar-refractivity contribution in [1.29, 1.82) is 0 Å². The van der Waals surface area contributed by atoms with Gasteiger partial charge in [0.1, 0.15) is 0 Å². The van der Waals surface area contributed by atoms with Gasteiger partial charge in [-0.1, -0.05) is 38.4 Å². The highest BCUT2D eigenvalue weighted by atomic mass is 35.5. The van der Waals surface area contributed by atoms with Crippen molar-refractivity contribution in [3.63, 3.8) is 0 Å². The van der Waals surface area contributed by atoms with E-state index in [0.717, 1.165) is 22.2 Å². The summed E-state index contributed by atoms with van der Waals surface area (Å²) in [5.74, 6) is 0.822. The van der Waals surface area contributed by atoms with Crippen molar-refractivity contribution < 1.29 is 0 Å². The number of hydrogen-bond acceptors (Lipinski definition) is 1. The SMILES string of the molecule is Cc1ccc(Cl)cc1NC(=S)NC1CCC(C(C)(C)C)CC1. The highest BCUT2D eigenvalue weighted by molar-refractivity contribution is 7.80. The summed E-state index contributed by atoms with van der Waals surface area (Å²) in [5.41, 5.74) is 2.54. The van der Waals surface area contributed by atoms with Crippen LogP contribution in [0.4, 0.5) is 5.69 Å². The van der Waals surface area contributed by atoms with E-state index in [2.05, 4.69) is 38.3 Å². The molecular weight excluding hydrogens is 312 g/mol. The third-order valence-electron chi connectivity index (χ3n) is 4.73. The molecule has 1 fully saturated rings. The standard InChI is InChI=1S/C18H27ClN2S/c1-12-5-8-14(19)11-16(12)21-17(22)20-15-9-6-13(7-10-15)18(2,3)4/h5,8,11,13,15H,6-7,9-10H2,1-4H3,(H2,20,21,22). The second kappa shape index (κ2) is 7.18. The molecule has 4 heteroatoms. The molecule has 1 aromatic carbocycles. The van der Waals surface area contributed by atoms with Crippen LogP contribution >= 0.6 is 23.8 Å². The summed E-state index contributed by atoms with van der Waals surface area (Å²) in [6.45, 7) is 9.09. The Labute approximate surface area is 145 Å². The lowest BCUT2D eigenvalue weighted by Crippen LogP contribution is -2.41. The first-order chi connectivity index (χ1) is 10.3. The second-order valence-electron chi connectivity index (χ2n) is 7.47. The molecule has 1 aliphatic carbocycles. The van der Waals surface area contributed by atoms with E-state index in [1.54, 1.807) is 0 Å². The van der Waals surface area contributed by atoms with Gasteiger partial charge in [0.25, 0.3) is 0 Å². The van der Waals surface area contributed by atoms with Gasteiger partial charge in [-0.25, -0.2) is 0 Å². The predicted molar refractivity (Wildman–Crippen MR) is 101 cm³/mol. The first kappa shape index (κ1) is 17.6. The van der Waals surface area contributed by atoms with Gasteiger partial charge in [-0.05, 0) is 73.9 Å². The van der Waals surface area contributed by atoms with E-state index in [1.807, 2.05) is 18.2 Å². The zero-order valence-corrected chi connectivity index (χ0v) is 15.6. The van der Waals surface area contributed by atoms with Gasteiger partial charge < -0.3 is 10.6 Å². The lowest BCUT2D eigenvalue weighted by Gasteiger charge is -2.37. The number of thiocarbonyl (C=S) groups is 1. The first-order valence-corrected chi connectivity index (χ1v) is 8.88. The predicted octanol–water partition coefficient (Wildman–Crippen LogP) is 5.54. The van der Waals surface area contributed by atoms with Gasteiger partial charge in [0.05, 0.1) is 0 Å². The molecule has 0 amide bonds. The third kappa shape index (κ3) is 4.85. The highest BCUT2D eigenvalue weighted by Gasteiger charge is 2.29. The average Bonchev–Trinajstić information content (AvgIpc) is 2.42. The van der Waals surface area contributed by atoms with Crippen LogP contribution in [0.15, 0.2) is 18.2 Å². The van der Waals surface area contributed by atoms with Crippen molar-refractivity contribution in [2.45, 2.75) is 59.4 Å². The van der Waals surface area contributed by atoms with E-state index in [9.17, 15) is 0 Å². The molecule has 0 atom stereocenters. The van der Waals surface area contributed by atoms with Crippen LogP contribution in [0.25, 0.3) is 0 Å². The minimum atomic E-state index is 0.418. The number of hydrogen-bond donors (Lipinski definition) is 2. The van der Waals surface area contributed by atoms with Gasteiger partial charge >= 0.3 is 0 Å². The summed E-state index contributed by atoms with van der Waals surface area (Å²) in [5, 5.41) is 8.16. The molecule has 0 unspecified atom stereocenters. The maximum Gasteiger partial charge on any atom is 0.171 e. The molecule has 22 heavy (non-hydrogen) atoms. The molecule has 0 aliphatic heterocycles. The molecule has 0 radical (unpaired) electrons. The molecule has 2 rings (SSSR count). The summed E-state index contributed by atoms with van der Waals surface area (Å²) in [6.07, 6.45) is 4.94. The van der Waals surface area contributed by atoms with Crippen molar-refractivity contribution in [3.8, 4) is 0 Å². The quantitative estimate of drug-likeness (QED) is 0.692. The molecule has 0 bridgehead atoms. The van der Waals surface area contributed by atoms with Crippen molar-refractivity contribution >= 4 is 34.6 Å². The molecule has 1 aliphatic rings. The summed E-state index contributed by atoms with van der Waals surface area (Å²) in [7, 11) is 0. The fraction of sp³-hybridized carbons (Fsp3) is 0.611. The van der Waals surface area contributed by atoms with E-state index >= 15 is 0 Å². The van der Waals surface area contributed by atoms with E-state index in [4.69, 9.17) is 23.8 Å². The van der Waals surface area contributed by atoms with Gasteiger partial charge in [-0.3, -0.25) is 0 Å². The van der Waals surface area contributed by atoms with Crippen molar-refractivity contribution in [3.05, 3.63) is 28.8 Å². The van der Waals surface area contributed by atoms with E-state index in [-0.39, 0.29) is 0 Å². The number of rotatable bonds is 2. The Bertz CT molecular complexity index is 528. The van der Waals surface area contributed by atoms with E-state index < -0.39 is 0 Å². The maximum absolute atomic E-state index is 6.05. The van der Waals surface area contributed by atoms with Crippen LogP contribution in [-0.4, -0.2) is 11.2 Å². The van der Waals surface area contributed by atoms with Crippen molar-refractivity contribution in [2.24, 2.45) is 11.3 Å². The van der Waals surface area contributed by atoms with Crippen LogP contribution in [-0.2, 0) is 0 Å². The van der Waals surface area contributed by atoms with Crippen LogP contribution in [0.5, 0.6) is 0 Å². The van der Waals surface area contributed by atoms with Crippen LogP contribution in [0.1, 0.15) is 52.0 Å². The normalized spacial score (nSPS) is 22.2. The topological polar surface area (TPSA) is 24.1 Å². The maximum atomic E-state index is 6.05. The Kier molecular flexibility index (Phi) is 5.73. The Morgan fingerprint density at radius 2 is 1.82 bits per heavy atom. The molecule has 2 N–H and O–H groups in total. The molecule has 2 nitrogen and oxygen atoms in total. The van der Waals surface area contributed by atoms with Crippen LogP contribution in [0.2, 0.25) is 5.02 Å². The zero-order valence-electron chi connectivity index (χ0n) is 14.0. The smallest absolute Gasteiger partial charge is 0.171 e. The second-order valence-corrected chi connectivity index (χ2v) is 8.32. The molecular formula is C18H27ClN2S. The summed E-state index contributed by atoms with van der Waals surface area (Å²) < 4.78 is 0. The molecule has 0 spiro atoms. The molecule has 122 valence electrons. The summed E-state index contributed by atoms with van der Waals surface area (Å²) >= 11 is 11.5. The first-order valence-electron chi connectivity index (χ1n) is 8.09. The lowest BCUT2D eigenvalue weighted by molar-refractivity contribution is 0.166. The monoisotopic (exact) mass is 338 g/mol. The van der Waals surface area contributed by atoms with E-state index in [0.29, 0.717) is 16.6 Å².